The third-order valence-electron chi connectivity index (χ3n) is 1.87. The van der Waals surface area contributed by atoms with Gasteiger partial charge in [-0.05, 0) is 30.5 Å². The first-order valence-electron chi connectivity index (χ1n) is 4.58. The molecule has 0 fully saturated rings. The highest BCUT2D eigenvalue weighted by atomic mass is 32.2. The highest BCUT2D eigenvalue weighted by molar-refractivity contribution is 8.03. The van der Waals surface area contributed by atoms with E-state index >= 15 is 0 Å². The summed E-state index contributed by atoms with van der Waals surface area (Å²) in [6.45, 7) is 0. The van der Waals surface area contributed by atoms with E-state index in [0.29, 0.717) is 0 Å². The minimum atomic E-state index is -0.915. The molecule has 0 unspecified atom stereocenters. The van der Waals surface area contributed by atoms with Crippen molar-refractivity contribution in [2.75, 3.05) is 6.26 Å². The Labute approximate surface area is 110 Å². The normalized spacial score (nSPS) is 10.4. The van der Waals surface area contributed by atoms with Crippen LogP contribution in [0.2, 0.25) is 0 Å². The smallest absolute Gasteiger partial charge is 0.335 e. The van der Waals surface area contributed by atoms with E-state index in [9.17, 15) is 4.79 Å². The molecule has 0 bridgehead atoms. The van der Waals surface area contributed by atoms with Crippen LogP contribution in [0.3, 0.4) is 0 Å². The largest absolute Gasteiger partial charge is 0.478 e. The Morgan fingerprint density at radius 3 is 2.41 bits per heavy atom. The van der Waals surface area contributed by atoms with Crippen molar-refractivity contribution in [3.8, 4) is 0 Å². The van der Waals surface area contributed by atoms with Crippen LogP contribution in [0, 0.1) is 0 Å². The molecule has 0 saturated heterocycles. The second-order valence-electron chi connectivity index (χ2n) is 2.97. The summed E-state index contributed by atoms with van der Waals surface area (Å²) in [6.07, 6.45) is 1.95. The lowest BCUT2D eigenvalue weighted by Gasteiger charge is -1.97. The van der Waals surface area contributed by atoms with Crippen molar-refractivity contribution in [3.63, 3.8) is 0 Å². The van der Waals surface area contributed by atoms with Gasteiger partial charge >= 0.3 is 5.97 Å². The Balaban J connectivity index is 2.10. The standard InChI is InChI=1S/C10H8N2O2S3/c1-15-9-11-12-10(17-9)16-7-4-2-6(3-5-7)8(13)14/h2-5H,1H3,(H,13,14). The van der Waals surface area contributed by atoms with Gasteiger partial charge in [0.05, 0.1) is 5.56 Å². The minimum absolute atomic E-state index is 0.288. The van der Waals surface area contributed by atoms with E-state index < -0.39 is 5.97 Å². The number of benzene rings is 1. The molecule has 0 aliphatic rings. The number of rotatable bonds is 4. The van der Waals surface area contributed by atoms with E-state index in [4.69, 9.17) is 5.11 Å². The Hall–Kier alpha value is -1.05. The molecule has 4 nitrogen and oxygen atoms in total. The lowest BCUT2D eigenvalue weighted by Crippen LogP contribution is -1.94. The molecule has 0 aliphatic heterocycles. The van der Waals surface area contributed by atoms with Gasteiger partial charge in [-0.25, -0.2) is 4.79 Å². The third-order valence-corrected chi connectivity index (χ3v) is 4.83. The second-order valence-corrected chi connectivity index (χ2v) is 6.32. The molecule has 0 saturated carbocycles. The molecule has 2 rings (SSSR count). The van der Waals surface area contributed by atoms with Crippen molar-refractivity contribution in [1.29, 1.82) is 0 Å². The molecular formula is C10H8N2O2S3. The molecule has 1 N–H and O–H groups in total. The Morgan fingerprint density at radius 2 is 1.88 bits per heavy atom. The summed E-state index contributed by atoms with van der Waals surface area (Å²) < 4.78 is 1.78. The Kier molecular flexibility index (Phi) is 4.03. The first kappa shape index (κ1) is 12.4. The van der Waals surface area contributed by atoms with Gasteiger partial charge in [0.2, 0.25) is 0 Å². The van der Waals surface area contributed by atoms with Gasteiger partial charge in [0.15, 0.2) is 8.68 Å². The highest BCUT2D eigenvalue weighted by Gasteiger charge is 2.06. The van der Waals surface area contributed by atoms with Gasteiger partial charge in [0, 0.05) is 4.90 Å². The molecule has 0 radical (unpaired) electrons. The lowest BCUT2D eigenvalue weighted by molar-refractivity contribution is 0.0697. The summed E-state index contributed by atoms with van der Waals surface area (Å²) in [4.78, 5) is 11.6. The Morgan fingerprint density at radius 1 is 1.24 bits per heavy atom. The predicted octanol–water partition coefficient (Wildman–Crippen LogP) is 3.11. The average molecular weight is 284 g/mol. The molecule has 1 heterocycles. The van der Waals surface area contributed by atoms with Crippen LogP contribution in [-0.4, -0.2) is 27.5 Å². The molecular weight excluding hydrogens is 276 g/mol. The summed E-state index contributed by atoms with van der Waals surface area (Å²) in [5.41, 5.74) is 0.288. The molecule has 7 heteroatoms. The van der Waals surface area contributed by atoms with E-state index in [1.165, 1.54) is 23.1 Å². The quantitative estimate of drug-likeness (QED) is 0.870. The number of thioether (sulfide) groups is 1. The van der Waals surface area contributed by atoms with Crippen molar-refractivity contribution in [2.45, 2.75) is 13.6 Å². The molecule has 0 amide bonds. The van der Waals surface area contributed by atoms with E-state index in [-0.39, 0.29) is 5.56 Å². The Bertz CT molecular complexity index is 525. The number of carbonyl (C=O) groups is 1. The zero-order chi connectivity index (χ0) is 12.3. The van der Waals surface area contributed by atoms with Gasteiger partial charge in [0.1, 0.15) is 0 Å². The molecule has 2 aromatic rings. The second kappa shape index (κ2) is 5.52. The number of hydrogen-bond donors (Lipinski definition) is 1. The summed E-state index contributed by atoms with van der Waals surface area (Å²) >= 11 is 4.57. The average Bonchev–Trinajstić information content (AvgIpc) is 2.77. The number of carboxylic acid groups (broad SMARTS) is 1. The summed E-state index contributed by atoms with van der Waals surface area (Å²) in [6, 6.07) is 6.71. The molecule has 88 valence electrons. The van der Waals surface area contributed by atoms with Crippen LogP contribution in [0.1, 0.15) is 10.4 Å². The van der Waals surface area contributed by atoms with Gasteiger partial charge in [-0.15, -0.1) is 10.2 Å². The maximum atomic E-state index is 10.7. The van der Waals surface area contributed by atoms with Crippen molar-refractivity contribution >= 4 is 40.8 Å². The topological polar surface area (TPSA) is 63.1 Å². The summed E-state index contributed by atoms with van der Waals surface area (Å²) in [5, 5.41) is 16.8. The van der Waals surface area contributed by atoms with Crippen LogP contribution in [0.5, 0.6) is 0 Å². The first-order valence-corrected chi connectivity index (χ1v) is 7.43. The molecule has 0 spiro atoms. The fourth-order valence-corrected chi connectivity index (χ4v) is 3.50. The summed E-state index contributed by atoms with van der Waals surface area (Å²) in [5.74, 6) is -0.915. The van der Waals surface area contributed by atoms with Gasteiger partial charge in [0.25, 0.3) is 0 Å². The summed E-state index contributed by atoms with van der Waals surface area (Å²) in [7, 11) is 0. The monoisotopic (exact) mass is 284 g/mol. The highest BCUT2D eigenvalue weighted by Crippen LogP contribution is 2.32. The van der Waals surface area contributed by atoms with Crippen LogP contribution in [0.25, 0.3) is 0 Å². The zero-order valence-corrected chi connectivity index (χ0v) is 11.2. The van der Waals surface area contributed by atoms with Gasteiger partial charge in [-0.1, -0.05) is 34.9 Å². The number of aromatic carboxylic acids is 1. The number of carboxylic acids is 1. The van der Waals surface area contributed by atoms with Crippen LogP contribution < -0.4 is 0 Å². The SMILES string of the molecule is CSc1nnc(Sc2ccc(C(=O)O)cc2)s1. The molecule has 0 atom stereocenters. The molecule has 1 aromatic carbocycles. The maximum Gasteiger partial charge on any atom is 0.335 e. The third kappa shape index (κ3) is 3.21. The van der Waals surface area contributed by atoms with Crippen molar-refractivity contribution in [2.24, 2.45) is 0 Å². The fraction of sp³-hybridized carbons (Fsp3) is 0.100. The van der Waals surface area contributed by atoms with E-state index in [1.807, 2.05) is 6.26 Å². The minimum Gasteiger partial charge on any atom is -0.478 e. The number of hydrogen-bond acceptors (Lipinski definition) is 6. The predicted molar refractivity (Wildman–Crippen MR) is 69.2 cm³/mol. The van der Waals surface area contributed by atoms with Crippen LogP contribution >= 0.6 is 34.9 Å². The van der Waals surface area contributed by atoms with Crippen LogP contribution in [0.4, 0.5) is 0 Å². The molecule has 1 aromatic heterocycles. The maximum absolute atomic E-state index is 10.7. The molecule has 0 aliphatic carbocycles. The van der Waals surface area contributed by atoms with Crippen LogP contribution in [-0.2, 0) is 0 Å². The number of nitrogens with zero attached hydrogens (tertiary/aromatic N) is 2. The van der Waals surface area contributed by atoms with E-state index in [1.54, 1.807) is 36.0 Å². The van der Waals surface area contributed by atoms with Gasteiger partial charge < -0.3 is 5.11 Å². The first-order chi connectivity index (χ1) is 8.19. The van der Waals surface area contributed by atoms with Gasteiger partial charge in [-0.3, -0.25) is 0 Å². The zero-order valence-electron chi connectivity index (χ0n) is 8.78. The fourth-order valence-electron chi connectivity index (χ4n) is 1.09. The van der Waals surface area contributed by atoms with Crippen molar-refractivity contribution in [3.05, 3.63) is 29.8 Å². The van der Waals surface area contributed by atoms with E-state index in [2.05, 4.69) is 10.2 Å². The van der Waals surface area contributed by atoms with E-state index in [0.717, 1.165) is 13.6 Å². The number of aromatic nitrogens is 2. The van der Waals surface area contributed by atoms with Crippen LogP contribution in [0.15, 0.2) is 37.8 Å². The van der Waals surface area contributed by atoms with Crippen molar-refractivity contribution < 1.29 is 9.90 Å². The molecule has 17 heavy (non-hydrogen) atoms. The lowest BCUT2D eigenvalue weighted by atomic mass is 10.2. The van der Waals surface area contributed by atoms with Crippen molar-refractivity contribution in [1.82, 2.24) is 10.2 Å². The van der Waals surface area contributed by atoms with Gasteiger partial charge in [-0.2, -0.15) is 0 Å².